The molecule has 0 fully saturated rings. The SMILES string of the molecule is COc1cc2c(cc1NCC(=O)N(C)C)oc1ccccc12. The Kier molecular flexibility index (Phi) is 3.63. The number of carbonyl (C=O) groups is 1. The molecule has 0 spiro atoms. The van der Waals surface area contributed by atoms with Crippen molar-refractivity contribution in [1.29, 1.82) is 0 Å². The van der Waals surface area contributed by atoms with Gasteiger partial charge in [-0.25, -0.2) is 0 Å². The molecule has 1 amide bonds. The Hall–Kier alpha value is -2.69. The van der Waals surface area contributed by atoms with Crippen molar-refractivity contribution in [3.8, 4) is 5.75 Å². The molecule has 2 aromatic carbocycles. The molecule has 0 aliphatic rings. The number of hydrogen-bond donors (Lipinski definition) is 1. The first-order valence-corrected chi connectivity index (χ1v) is 7.03. The van der Waals surface area contributed by atoms with E-state index in [4.69, 9.17) is 9.15 Å². The van der Waals surface area contributed by atoms with Gasteiger partial charge < -0.3 is 19.4 Å². The summed E-state index contributed by atoms with van der Waals surface area (Å²) >= 11 is 0. The maximum Gasteiger partial charge on any atom is 0.241 e. The minimum Gasteiger partial charge on any atom is -0.495 e. The highest BCUT2D eigenvalue weighted by atomic mass is 16.5. The lowest BCUT2D eigenvalue weighted by Crippen LogP contribution is -2.28. The second-order valence-corrected chi connectivity index (χ2v) is 5.29. The third kappa shape index (κ3) is 2.45. The molecule has 3 rings (SSSR count). The van der Waals surface area contributed by atoms with Crippen molar-refractivity contribution in [2.45, 2.75) is 0 Å². The number of amides is 1. The normalized spacial score (nSPS) is 10.9. The lowest BCUT2D eigenvalue weighted by Gasteiger charge is -2.14. The van der Waals surface area contributed by atoms with Crippen LogP contribution >= 0.6 is 0 Å². The molecule has 3 aromatic rings. The summed E-state index contributed by atoms with van der Waals surface area (Å²) in [5.41, 5.74) is 2.34. The van der Waals surface area contributed by atoms with E-state index >= 15 is 0 Å². The number of benzene rings is 2. The molecule has 1 aromatic heterocycles. The van der Waals surface area contributed by atoms with Crippen molar-refractivity contribution < 1.29 is 13.9 Å². The molecular weight excluding hydrogens is 280 g/mol. The summed E-state index contributed by atoms with van der Waals surface area (Å²) in [4.78, 5) is 13.3. The lowest BCUT2D eigenvalue weighted by atomic mass is 10.1. The van der Waals surface area contributed by atoms with Crippen LogP contribution in [0.2, 0.25) is 0 Å². The number of rotatable bonds is 4. The van der Waals surface area contributed by atoms with Gasteiger partial charge in [0.25, 0.3) is 0 Å². The number of methoxy groups -OCH3 is 1. The zero-order valence-corrected chi connectivity index (χ0v) is 12.8. The maximum atomic E-state index is 11.7. The minimum absolute atomic E-state index is 0.00763. The zero-order chi connectivity index (χ0) is 15.7. The molecule has 22 heavy (non-hydrogen) atoms. The first kappa shape index (κ1) is 14.3. The molecule has 0 atom stereocenters. The maximum absolute atomic E-state index is 11.7. The van der Waals surface area contributed by atoms with E-state index in [9.17, 15) is 4.79 Å². The standard InChI is InChI=1S/C17H18N2O3/c1-19(2)17(20)10-18-13-9-15-12(8-16(13)21-3)11-6-4-5-7-14(11)22-15/h4-9,18H,10H2,1-3H3. The van der Waals surface area contributed by atoms with Gasteiger partial charge in [0.05, 0.1) is 19.3 Å². The first-order chi connectivity index (χ1) is 10.6. The van der Waals surface area contributed by atoms with Gasteiger partial charge in [-0.1, -0.05) is 18.2 Å². The van der Waals surface area contributed by atoms with E-state index in [1.807, 2.05) is 36.4 Å². The summed E-state index contributed by atoms with van der Waals surface area (Å²) < 4.78 is 11.3. The third-order valence-corrected chi connectivity index (χ3v) is 3.63. The largest absolute Gasteiger partial charge is 0.495 e. The summed E-state index contributed by atoms with van der Waals surface area (Å²) in [5, 5.41) is 5.15. The van der Waals surface area contributed by atoms with Crippen molar-refractivity contribution in [2.75, 3.05) is 33.1 Å². The molecule has 5 heteroatoms. The van der Waals surface area contributed by atoms with E-state index in [1.54, 1.807) is 26.1 Å². The van der Waals surface area contributed by atoms with Gasteiger partial charge in [0.1, 0.15) is 16.9 Å². The fraction of sp³-hybridized carbons (Fsp3) is 0.235. The average molecular weight is 298 g/mol. The van der Waals surface area contributed by atoms with Crippen LogP contribution in [0.5, 0.6) is 5.75 Å². The predicted octanol–water partition coefficient (Wildman–Crippen LogP) is 3.09. The Morgan fingerprint density at radius 2 is 1.95 bits per heavy atom. The number of fused-ring (bicyclic) bond motifs is 3. The minimum atomic E-state index is -0.00763. The fourth-order valence-corrected chi connectivity index (χ4v) is 2.39. The Morgan fingerprint density at radius 3 is 2.68 bits per heavy atom. The van der Waals surface area contributed by atoms with Crippen molar-refractivity contribution in [1.82, 2.24) is 4.90 Å². The van der Waals surface area contributed by atoms with Gasteiger partial charge in [-0.15, -0.1) is 0 Å². The molecule has 1 heterocycles. The molecular formula is C17H18N2O3. The smallest absolute Gasteiger partial charge is 0.241 e. The van der Waals surface area contributed by atoms with E-state index < -0.39 is 0 Å². The number of nitrogens with one attached hydrogen (secondary N) is 1. The van der Waals surface area contributed by atoms with Crippen LogP contribution in [-0.2, 0) is 4.79 Å². The number of likely N-dealkylation sites (N-methyl/N-ethyl adjacent to an activating group) is 1. The number of carbonyl (C=O) groups excluding carboxylic acids is 1. The summed E-state index contributed by atoms with van der Waals surface area (Å²) in [6.45, 7) is 0.203. The van der Waals surface area contributed by atoms with E-state index in [2.05, 4.69) is 5.32 Å². The molecule has 114 valence electrons. The van der Waals surface area contributed by atoms with Crippen molar-refractivity contribution in [2.24, 2.45) is 0 Å². The zero-order valence-electron chi connectivity index (χ0n) is 12.8. The van der Waals surface area contributed by atoms with Crippen molar-refractivity contribution >= 4 is 33.5 Å². The molecule has 0 radical (unpaired) electrons. The van der Waals surface area contributed by atoms with Crippen molar-refractivity contribution in [3.05, 3.63) is 36.4 Å². The van der Waals surface area contributed by atoms with Crippen LogP contribution in [0.1, 0.15) is 0 Å². The van der Waals surface area contributed by atoms with Gasteiger partial charge in [0.2, 0.25) is 5.91 Å². The van der Waals surface area contributed by atoms with Gasteiger partial charge >= 0.3 is 0 Å². The quantitative estimate of drug-likeness (QED) is 0.804. The van der Waals surface area contributed by atoms with Crippen LogP contribution in [-0.4, -0.2) is 38.6 Å². The van der Waals surface area contributed by atoms with Crippen LogP contribution < -0.4 is 10.1 Å². The van der Waals surface area contributed by atoms with Crippen LogP contribution in [0.3, 0.4) is 0 Å². The number of para-hydroxylation sites is 1. The van der Waals surface area contributed by atoms with Gasteiger partial charge in [0, 0.05) is 30.9 Å². The summed E-state index contributed by atoms with van der Waals surface area (Å²) in [5.74, 6) is 0.678. The van der Waals surface area contributed by atoms with Crippen LogP contribution in [0.4, 0.5) is 5.69 Å². The predicted molar refractivity (Wildman–Crippen MR) is 87.5 cm³/mol. The molecule has 0 saturated heterocycles. The van der Waals surface area contributed by atoms with Gasteiger partial charge in [-0.05, 0) is 12.1 Å². The number of anilines is 1. The van der Waals surface area contributed by atoms with Gasteiger partial charge in [-0.3, -0.25) is 4.79 Å². The molecule has 1 N–H and O–H groups in total. The monoisotopic (exact) mass is 298 g/mol. The Labute approximate surface area is 128 Å². The number of nitrogens with zero attached hydrogens (tertiary/aromatic N) is 1. The highest BCUT2D eigenvalue weighted by Gasteiger charge is 2.13. The van der Waals surface area contributed by atoms with Crippen LogP contribution in [0.25, 0.3) is 21.9 Å². The summed E-state index contributed by atoms with van der Waals surface area (Å²) in [6, 6.07) is 11.7. The fourth-order valence-electron chi connectivity index (χ4n) is 2.39. The summed E-state index contributed by atoms with van der Waals surface area (Å²) in [7, 11) is 5.07. The van der Waals surface area contributed by atoms with Crippen LogP contribution in [0, 0.1) is 0 Å². The second-order valence-electron chi connectivity index (χ2n) is 5.29. The lowest BCUT2D eigenvalue weighted by molar-refractivity contribution is -0.126. The Bertz CT molecular complexity index is 836. The molecule has 0 aliphatic carbocycles. The summed E-state index contributed by atoms with van der Waals surface area (Å²) in [6.07, 6.45) is 0. The van der Waals surface area contributed by atoms with Gasteiger partial charge in [-0.2, -0.15) is 0 Å². The number of hydrogen-bond acceptors (Lipinski definition) is 4. The molecule has 0 unspecified atom stereocenters. The molecule has 0 aliphatic heterocycles. The van der Waals surface area contributed by atoms with Crippen LogP contribution in [0.15, 0.2) is 40.8 Å². The first-order valence-electron chi connectivity index (χ1n) is 7.03. The molecule has 0 bridgehead atoms. The topological polar surface area (TPSA) is 54.7 Å². The van der Waals surface area contributed by atoms with E-state index in [0.717, 1.165) is 27.6 Å². The number of furan rings is 1. The average Bonchev–Trinajstić information content (AvgIpc) is 2.88. The second kappa shape index (κ2) is 5.60. The van der Waals surface area contributed by atoms with E-state index in [-0.39, 0.29) is 12.5 Å². The van der Waals surface area contributed by atoms with E-state index in [1.165, 1.54) is 0 Å². The number of ether oxygens (including phenoxy) is 1. The van der Waals surface area contributed by atoms with E-state index in [0.29, 0.717) is 5.75 Å². The highest BCUT2D eigenvalue weighted by molar-refractivity contribution is 6.06. The highest BCUT2D eigenvalue weighted by Crippen LogP contribution is 2.36. The van der Waals surface area contributed by atoms with Crippen molar-refractivity contribution in [3.63, 3.8) is 0 Å². The molecule has 0 saturated carbocycles. The Morgan fingerprint density at radius 1 is 1.18 bits per heavy atom. The molecule has 5 nitrogen and oxygen atoms in total. The third-order valence-electron chi connectivity index (χ3n) is 3.63. The van der Waals surface area contributed by atoms with Gasteiger partial charge in [0.15, 0.2) is 0 Å². The Balaban J connectivity index is 2.03.